The summed E-state index contributed by atoms with van der Waals surface area (Å²) in [4.78, 5) is 15.0. The van der Waals surface area contributed by atoms with E-state index in [0.717, 1.165) is 11.1 Å². The number of benzene rings is 2. The van der Waals surface area contributed by atoms with E-state index in [9.17, 15) is 13.2 Å². The summed E-state index contributed by atoms with van der Waals surface area (Å²) in [6, 6.07) is 14.7. The SMILES string of the molecule is Cc1cc(OCC2(CC(=O)N3CCOCC3)CCN(S(=O)(=O)Cc3ccccc3)CC2)ccc1Cl. The van der Waals surface area contributed by atoms with Crippen molar-refractivity contribution in [2.75, 3.05) is 46.0 Å². The first-order valence-corrected chi connectivity index (χ1v) is 14.0. The van der Waals surface area contributed by atoms with E-state index >= 15 is 0 Å². The maximum atomic E-state index is 13.2. The molecule has 9 heteroatoms. The minimum atomic E-state index is -3.45. The van der Waals surface area contributed by atoms with Gasteiger partial charge < -0.3 is 14.4 Å². The minimum Gasteiger partial charge on any atom is -0.493 e. The summed E-state index contributed by atoms with van der Waals surface area (Å²) in [7, 11) is -3.45. The van der Waals surface area contributed by atoms with Gasteiger partial charge in [-0.25, -0.2) is 12.7 Å². The molecule has 2 saturated heterocycles. The molecule has 0 spiro atoms. The molecule has 0 aliphatic carbocycles. The average Bonchev–Trinajstić information content (AvgIpc) is 2.86. The molecule has 0 atom stereocenters. The predicted octanol–water partition coefficient (Wildman–Crippen LogP) is 3.89. The number of nitrogens with zero attached hydrogens (tertiary/aromatic N) is 2. The zero-order valence-corrected chi connectivity index (χ0v) is 21.7. The van der Waals surface area contributed by atoms with Crippen molar-refractivity contribution in [2.24, 2.45) is 5.41 Å². The molecule has 2 aliphatic heterocycles. The molecule has 2 heterocycles. The van der Waals surface area contributed by atoms with Crippen molar-refractivity contribution >= 4 is 27.5 Å². The molecule has 1 amide bonds. The number of carbonyl (C=O) groups is 1. The monoisotopic (exact) mass is 520 g/mol. The van der Waals surface area contributed by atoms with Crippen LogP contribution in [-0.2, 0) is 25.3 Å². The van der Waals surface area contributed by atoms with Crippen molar-refractivity contribution in [3.8, 4) is 5.75 Å². The van der Waals surface area contributed by atoms with E-state index in [0.29, 0.717) is 76.0 Å². The molecule has 0 saturated carbocycles. The molecule has 2 aromatic carbocycles. The van der Waals surface area contributed by atoms with Gasteiger partial charge in [0.2, 0.25) is 15.9 Å². The third-order valence-corrected chi connectivity index (χ3v) is 9.21. The van der Waals surface area contributed by atoms with E-state index < -0.39 is 15.4 Å². The van der Waals surface area contributed by atoms with Crippen LogP contribution in [0.5, 0.6) is 5.75 Å². The second-order valence-corrected chi connectivity index (χ2v) is 11.9. The molecule has 2 fully saturated rings. The first-order chi connectivity index (χ1) is 16.8. The molecule has 7 nitrogen and oxygen atoms in total. The Morgan fingerprint density at radius 3 is 2.40 bits per heavy atom. The Bertz CT molecular complexity index is 1110. The predicted molar refractivity (Wildman–Crippen MR) is 136 cm³/mol. The molecule has 0 N–H and O–H groups in total. The van der Waals surface area contributed by atoms with E-state index in [-0.39, 0.29) is 11.7 Å². The Morgan fingerprint density at radius 2 is 1.74 bits per heavy atom. The molecule has 4 rings (SSSR count). The Labute approximate surface area is 213 Å². The first-order valence-electron chi connectivity index (χ1n) is 12.0. The lowest BCUT2D eigenvalue weighted by atomic mass is 9.76. The van der Waals surface area contributed by atoms with Gasteiger partial charge in [-0.2, -0.15) is 0 Å². The topological polar surface area (TPSA) is 76.2 Å². The Kier molecular flexibility index (Phi) is 8.37. The van der Waals surface area contributed by atoms with E-state index in [4.69, 9.17) is 21.1 Å². The highest BCUT2D eigenvalue weighted by atomic mass is 35.5. The van der Waals surface area contributed by atoms with E-state index in [2.05, 4.69) is 0 Å². The molecular formula is C26H33ClN2O5S. The van der Waals surface area contributed by atoms with Crippen molar-refractivity contribution < 1.29 is 22.7 Å². The van der Waals surface area contributed by atoms with Crippen LogP contribution in [0.15, 0.2) is 48.5 Å². The van der Waals surface area contributed by atoms with Gasteiger partial charge in [0.05, 0.1) is 25.6 Å². The van der Waals surface area contributed by atoms with Crippen LogP contribution < -0.4 is 4.74 Å². The Balaban J connectivity index is 1.46. The third-order valence-electron chi connectivity index (χ3n) is 6.93. The fraction of sp³-hybridized carbons (Fsp3) is 0.500. The quantitative estimate of drug-likeness (QED) is 0.528. The van der Waals surface area contributed by atoms with Crippen molar-refractivity contribution in [2.45, 2.75) is 31.9 Å². The maximum Gasteiger partial charge on any atom is 0.223 e. The van der Waals surface area contributed by atoms with Crippen molar-refractivity contribution in [3.63, 3.8) is 0 Å². The van der Waals surface area contributed by atoms with E-state index in [1.807, 2.05) is 54.3 Å². The second-order valence-electron chi connectivity index (χ2n) is 9.51. The summed E-state index contributed by atoms with van der Waals surface area (Å²) < 4.78 is 39.3. The van der Waals surface area contributed by atoms with Gasteiger partial charge in [0.25, 0.3) is 0 Å². The molecule has 0 unspecified atom stereocenters. The molecular weight excluding hydrogens is 488 g/mol. The molecule has 2 aliphatic rings. The van der Waals surface area contributed by atoms with Crippen LogP contribution >= 0.6 is 11.6 Å². The molecule has 0 radical (unpaired) electrons. The summed E-state index contributed by atoms with van der Waals surface area (Å²) in [6.45, 7) is 5.27. The van der Waals surface area contributed by atoms with E-state index in [1.165, 1.54) is 0 Å². The van der Waals surface area contributed by atoms with Crippen molar-refractivity contribution in [1.29, 1.82) is 0 Å². The number of ether oxygens (including phenoxy) is 2. The average molecular weight is 521 g/mol. The number of rotatable bonds is 8. The van der Waals surface area contributed by atoms with Crippen LogP contribution in [0.1, 0.15) is 30.4 Å². The van der Waals surface area contributed by atoms with Crippen LogP contribution in [0, 0.1) is 12.3 Å². The number of sulfonamides is 1. The lowest BCUT2D eigenvalue weighted by Gasteiger charge is -2.42. The number of piperidine rings is 1. The van der Waals surface area contributed by atoms with Gasteiger partial charge in [-0.15, -0.1) is 0 Å². The van der Waals surface area contributed by atoms with Crippen LogP contribution in [0.2, 0.25) is 5.02 Å². The van der Waals surface area contributed by atoms with Crippen LogP contribution in [0.4, 0.5) is 0 Å². The standard InChI is InChI=1S/C26H33ClN2O5S/c1-21-17-23(7-8-24(21)27)34-20-26(18-25(30)28-13-15-33-16-14-28)9-11-29(12-10-26)35(31,32)19-22-5-3-2-4-6-22/h2-8,17H,9-16,18-20H2,1H3. The number of aryl methyl sites for hydroxylation is 1. The van der Waals surface area contributed by atoms with Gasteiger partial charge in [-0.1, -0.05) is 41.9 Å². The summed E-state index contributed by atoms with van der Waals surface area (Å²) in [5.74, 6) is 0.752. The second kappa shape index (κ2) is 11.3. The number of hydrogen-bond acceptors (Lipinski definition) is 5. The summed E-state index contributed by atoms with van der Waals surface area (Å²) >= 11 is 6.15. The van der Waals surface area contributed by atoms with Gasteiger partial charge in [-0.05, 0) is 49.1 Å². The number of hydrogen-bond donors (Lipinski definition) is 0. The highest BCUT2D eigenvalue weighted by Crippen LogP contribution is 2.38. The highest BCUT2D eigenvalue weighted by Gasteiger charge is 2.41. The lowest BCUT2D eigenvalue weighted by molar-refractivity contribution is -0.139. The number of carbonyl (C=O) groups excluding carboxylic acids is 1. The fourth-order valence-electron chi connectivity index (χ4n) is 4.68. The molecule has 0 aromatic heterocycles. The summed E-state index contributed by atoms with van der Waals surface area (Å²) in [6.07, 6.45) is 1.44. The van der Waals surface area contributed by atoms with Crippen LogP contribution in [0.25, 0.3) is 0 Å². The zero-order valence-electron chi connectivity index (χ0n) is 20.1. The maximum absolute atomic E-state index is 13.2. The fourth-order valence-corrected chi connectivity index (χ4v) is 6.33. The first kappa shape index (κ1) is 25.9. The minimum absolute atomic E-state index is 0.0197. The zero-order chi connectivity index (χ0) is 24.9. The van der Waals surface area contributed by atoms with Gasteiger partial charge >= 0.3 is 0 Å². The number of halogens is 1. The molecule has 2 aromatic rings. The largest absolute Gasteiger partial charge is 0.493 e. The number of morpholine rings is 1. The highest BCUT2D eigenvalue weighted by molar-refractivity contribution is 7.88. The van der Waals surface area contributed by atoms with E-state index in [1.54, 1.807) is 10.4 Å². The van der Waals surface area contributed by atoms with Crippen molar-refractivity contribution in [1.82, 2.24) is 9.21 Å². The summed E-state index contributed by atoms with van der Waals surface area (Å²) in [5.41, 5.74) is 1.25. The molecule has 190 valence electrons. The summed E-state index contributed by atoms with van der Waals surface area (Å²) in [5, 5.41) is 0.673. The lowest BCUT2D eigenvalue weighted by Crippen LogP contribution is -2.49. The normalized spacial score (nSPS) is 18.9. The van der Waals surface area contributed by atoms with Gasteiger partial charge in [-0.3, -0.25) is 4.79 Å². The smallest absolute Gasteiger partial charge is 0.223 e. The van der Waals surface area contributed by atoms with Crippen LogP contribution in [-0.4, -0.2) is 69.5 Å². The third kappa shape index (κ3) is 6.76. The molecule has 0 bridgehead atoms. The molecule has 35 heavy (non-hydrogen) atoms. The van der Waals surface area contributed by atoms with Gasteiger partial charge in [0, 0.05) is 43.0 Å². The Morgan fingerprint density at radius 1 is 1.06 bits per heavy atom. The van der Waals surface area contributed by atoms with Gasteiger partial charge in [0.1, 0.15) is 5.75 Å². The number of amides is 1. The van der Waals surface area contributed by atoms with Crippen molar-refractivity contribution in [3.05, 3.63) is 64.7 Å². The van der Waals surface area contributed by atoms with Gasteiger partial charge in [0.15, 0.2) is 0 Å². The van der Waals surface area contributed by atoms with Crippen LogP contribution in [0.3, 0.4) is 0 Å². The Hall–Kier alpha value is -2.13.